The Labute approximate surface area is 132 Å². The van der Waals surface area contributed by atoms with Gasteiger partial charge in [-0.05, 0) is 24.3 Å². The van der Waals surface area contributed by atoms with E-state index in [1.54, 1.807) is 14.2 Å². The summed E-state index contributed by atoms with van der Waals surface area (Å²) in [5.74, 6) is 1.85. The molecule has 5 nitrogen and oxygen atoms in total. The lowest BCUT2D eigenvalue weighted by Crippen LogP contribution is -1.99. The molecule has 0 bridgehead atoms. The zero-order chi connectivity index (χ0) is 15.5. The van der Waals surface area contributed by atoms with Crippen molar-refractivity contribution in [2.45, 2.75) is 0 Å². The minimum Gasteiger partial charge on any atom is -0.493 e. The Hall–Kier alpha value is -2.53. The van der Waals surface area contributed by atoms with E-state index in [1.165, 1.54) is 6.33 Å². The van der Waals surface area contributed by atoms with Gasteiger partial charge in [0, 0.05) is 5.39 Å². The van der Waals surface area contributed by atoms with Crippen LogP contribution in [0.5, 0.6) is 11.5 Å². The molecule has 3 rings (SSSR count). The average Bonchev–Trinajstić information content (AvgIpc) is 2.56. The van der Waals surface area contributed by atoms with Crippen LogP contribution in [-0.2, 0) is 0 Å². The van der Waals surface area contributed by atoms with Crippen LogP contribution in [-0.4, -0.2) is 24.2 Å². The molecule has 0 aliphatic heterocycles. The van der Waals surface area contributed by atoms with Crippen LogP contribution >= 0.6 is 11.6 Å². The van der Waals surface area contributed by atoms with Gasteiger partial charge >= 0.3 is 0 Å². The second kappa shape index (κ2) is 6.07. The summed E-state index contributed by atoms with van der Waals surface area (Å²) >= 11 is 6.18. The van der Waals surface area contributed by atoms with Gasteiger partial charge in [0.25, 0.3) is 0 Å². The van der Waals surface area contributed by atoms with E-state index in [0.717, 1.165) is 11.1 Å². The standard InChI is InChI=1S/C16H14ClN3O2/c1-21-13-8-7-10-14(15(13)22-2)18-9-19-16(10)20-12-6-4-3-5-11(12)17/h3-9H,1-2H3,(H,18,19,20). The molecule has 0 aliphatic carbocycles. The van der Waals surface area contributed by atoms with E-state index in [2.05, 4.69) is 15.3 Å². The number of nitrogens with zero attached hydrogens (tertiary/aromatic N) is 2. The van der Waals surface area contributed by atoms with Crippen LogP contribution in [0.3, 0.4) is 0 Å². The van der Waals surface area contributed by atoms with E-state index >= 15 is 0 Å². The number of anilines is 2. The van der Waals surface area contributed by atoms with Crippen molar-refractivity contribution in [2.75, 3.05) is 19.5 Å². The average molecular weight is 316 g/mol. The van der Waals surface area contributed by atoms with E-state index in [1.807, 2.05) is 36.4 Å². The van der Waals surface area contributed by atoms with Crippen molar-refractivity contribution >= 4 is 34.0 Å². The van der Waals surface area contributed by atoms with Crippen molar-refractivity contribution in [3.63, 3.8) is 0 Å². The van der Waals surface area contributed by atoms with Crippen LogP contribution in [0.15, 0.2) is 42.7 Å². The van der Waals surface area contributed by atoms with E-state index < -0.39 is 0 Å². The highest BCUT2D eigenvalue weighted by molar-refractivity contribution is 6.33. The number of rotatable bonds is 4. The van der Waals surface area contributed by atoms with Gasteiger partial charge in [0.1, 0.15) is 17.7 Å². The Morgan fingerprint density at radius 3 is 2.55 bits per heavy atom. The lowest BCUT2D eigenvalue weighted by atomic mass is 10.2. The summed E-state index contributed by atoms with van der Waals surface area (Å²) in [5.41, 5.74) is 1.45. The Morgan fingerprint density at radius 2 is 1.82 bits per heavy atom. The number of hydrogen-bond donors (Lipinski definition) is 1. The minimum atomic E-state index is 0.574. The number of benzene rings is 2. The molecule has 0 saturated carbocycles. The Bertz CT molecular complexity index is 824. The second-order valence-electron chi connectivity index (χ2n) is 4.52. The van der Waals surface area contributed by atoms with Crippen molar-refractivity contribution in [1.29, 1.82) is 0 Å². The smallest absolute Gasteiger partial charge is 0.187 e. The van der Waals surface area contributed by atoms with E-state index in [4.69, 9.17) is 21.1 Å². The molecular weight excluding hydrogens is 302 g/mol. The molecule has 0 amide bonds. The largest absolute Gasteiger partial charge is 0.493 e. The molecule has 2 aromatic carbocycles. The van der Waals surface area contributed by atoms with E-state index in [9.17, 15) is 0 Å². The quantitative estimate of drug-likeness (QED) is 0.787. The number of nitrogens with one attached hydrogen (secondary N) is 1. The number of aromatic nitrogens is 2. The van der Waals surface area contributed by atoms with Gasteiger partial charge in [-0.15, -0.1) is 0 Å². The summed E-state index contributed by atoms with van der Waals surface area (Å²) in [6.07, 6.45) is 1.48. The molecule has 0 atom stereocenters. The second-order valence-corrected chi connectivity index (χ2v) is 4.93. The molecule has 3 aromatic rings. The van der Waals surface area contributed by atoms with Gasteiger partial charge in [0.05, 0.1) is 24.9 Å². The van der Waals surface area contributed by atoms with Gasteiger partial charge in [-0.1, -0.05) is 23.7 Å². The van der Waals surface area contributed by atoms with E-state index in [0.29, 0.717) is 27.9 Å². The van der Waals surface area contributed by atoms with Crippen LogP contribution in [0.2, 0.25) is 5.02 Å². The SMILES string of the molecule is COc1ccc2c(Nc3ccccc3Cl)ncnc2c1OC. The molecule has 1 heterocycles. The van der Waals surface area contributed by atoms with Crippen LogP contribution in [0.1, 0.15) is 0 Å². The number of methoxy groups -OCH3 is 2. The summed E-state index contributed by atoms with van der Waals surface area (Å²) in [6.45, 7) is 0. The minimum absolute atomic E-state index is 0.574. The third-order valence-electron chi connectivity index (χ3n) is 3.28. The number of halogens is 1. The van der Waals surface area contributed by atoms with Gasteiger partial charge in [-0.2, -0.15) is 0 Å². The molecule has 22 heavy (non-hydrogen) atoms. The van der Waals surface area contributed by atoms with Crippen molar-refractivity contribution in [2.24, 2.45) is 0 Å². The normalized spacial score (nSPS) is 10.5. The molecule has 0 saturated heterocycles. The number of hydrogen-bond acceptors (Lipinski definition) is 5. The van der Waals surface area contributed by atoms with Gasteiger partial charge in [-0.25, -0.2) is 9.97 Å². The molecule has 6 heteroatoms. The Kier molecular flexibility index (Phi) is 3.98. The maximum Gasteiger partial charge on any atom is 0.187 e. The molecule has 1 N–H and O–H groups in total. The fourth-order valence-corrected chi connectivity index (χ4v) is 2.42. The highest BCUT2D eigenvalue weighted by atomic mass is 35.5. The van der Waals surface area contributed by atoms with Crippen molar-refractivity contribution in [3.8, 4) is 11.5 Å². The summed E-state index contributed by atoms with van der Waals surface area (Å²) < 4.78 is 10.7. The topological polar surface area (TPSA) is 56.3 Å². The lowest BCUT2D eigenvalue weighted by molar-refractivity contribution is 0.358. The predicted octanol–water partition coefficient (Wildman–Crippen LogP) is 4.04. The highest BCUT2D eigenvalue weighted by Gasteiger charge is 2.14. The van der Waals surface area contributed by atoms with Crippen LogP contribution in [0.4, 0.5) is 11.5 Å². The number of para-hydroxylation sites is 1. The van der Waals surface area contributed by atoms with E-state index in [-0.39, 0.29) is 0 Å². The summed E-state index contributed by atoms with van der Waals surface area (Å²) in [7, 11) is 3.17. The monoisotopic (exact) mass is 315 g/mol. The fourth-order valence-electron chi connectivity index (χ4n) is 2.23. The number of fused-ring (bicyclic) bond motifs is 1. The third-order valence-corrected chi connectivity index (χ3v) is 3.60. The van der Waals surface area contributed by atoms with Gasteiger partial charge in [0.2, 0.25) is 0 Å². The fraction of sp³-hybridized carbons (Fsp3) is 0.125. The molecule has 0 fully saturated rings. The molecule has 0 radical (unpaired) electrons. The maximum absolute atomic E-state index is 6.18. The Morgan fingerprint density at radius 1 is 1.00 bits per heavy atom. The zero-order valence-corrected chi connectivity index (χ0v) is 12.9. The summed E-state index contributed by atoms with van der Waals surface area (Å²) in [6, 6.07) is 11.2. The maximum atomic E-state index is 6.18. The first kappa shape index (κ1) is 14.4. The lowest BCUT2D eigenvalue weighted by Gasteiger charge is -2.13. The van der Waals surface area contributed by atoms with Crippen molar-refractivity contribution in [1.82, 2.24) is 9.97 Å². The van der Waals surface area contributed by atoms with Crippen LogP contribution in [0.25, 0.3) is 10.9 Å². The molecule has 0 spiro atoms. The van der Waals surface area contributed by atoms with Crippen LogP contribution < -0.4 is 14.8 Å². The van der Waals surface area contributed by atoms with Crippen molar-refractivity contribution < 1.29 is 9.47 Å². The molecule has 0 unspecified atom stereocenters. The summed E-state index contributed by atoms with van der Waals surface area (Å²) in [5, 5.41) is 4.66. The van der Waals surface area contributed by atoms with Gasteiger partial charge in [0.15, 0.2) is 11.5 Å². The summed E-state index contributed by atoms with van der Waals surface area (Å²) in [4.78, 5) is 8.59. The molecule has 1 aromatic heterocycles. The third kappa shape index (κ3) is 2.51. The van der Waals surface area contributed by atoms with Gasteiger partial charge in [-0.3, -0.25) is 0 Å². The predicted molar refractivity (Wildman–Crippen MR) is 87.4 cm³/mol. The zero-order valence-electron chi connectivity index (χ0n) is 12.1. The first-order valence-corrected chi connectivity index (χ1v) is 6.99. The highest BCUT2D eigenvalue weighted by Crippen LogP contribution is 2.37. The molecular formula is C16H14ClN3O2. The van der Waals surface area contributed by atoms with Gasteiger partial charge < -0.3 is 14.8 Å². The number of ether oxygens (including phenoxy) is 2. The first-order valence-electron chi connectivity index (χ1n) is 6.62. The first-order chi connectivity index (χ1) is 10.7. The van der Waals surface area contributed by atoms with Crippen LogP contribution in [0, 0.1) is 0 Å². The molecule has 0 aliphatic rings. The Balaban J connectivity index is 2.13. The van der Waals surface area contributed by atoms with Crippen molar-refractivity contribution in [3.05, 3.63) is 47.7 Å². The molecule has 112 valence electrons.